The fourth-order valence-corrected chi connectivity index (χ4v) is 3.88. The maximum Gasteiger partial charge on any atom is 0.0650 e. The van der Waals surface area contributed by atoms with Crippen LogP contribution in [0.15, 0.2) is 23.8 Å². The van der Waals surface area contributed by atoms with Crippen molar-refractivity contribution in [1.82, 2.24) is 9.78 Å². The average Bonchev–Trinajstić information content (AvgIpc) is 2.97. The second-order valence-corrected chi connectivity index (χ2v) is 6.09. The Labute approximate surface area is 111 Å². The van der Waals surface area contributed by atoms with Crippen LogP contribution in [-0.2, 0) is 19.9 Å². The fraction of sp³-hybridized carbons (Fsp3) is 0.500. The molecule has 0 spiro atoms. The van der Waals surface area contributed by atoms with Gasteiger partial charge in [0.2, 0.25) is 0 Å². The van der Waals surface area contributed by atoms with E-state index in [4.69, 9.17) is 0 Å². The Morgan fingerprint density at radius 1 is 1.61 bits per heavy atom. The van der Waals surface area contributed by atoms with Crippen LogP contribution in [-0.4, -0.2) is 21.0 Å². The minimum atomic E-state index is -0.289. The lowest BCUT2D eigenvalue weighted by atomic mass is 9.82. The number of hydrogen-bond acceptors (Lipinski definition) is 3. The highest BCUT2D eigenvalue weighted by Gasteiger charge is 2.27. The van der Waals surface area contributed by atoms with Gasteiger partial charge >= 0.3 is 0 Å². The summed E-state index contributed by atoms with van der Waals surface area (Å²) in [6.45, 7) is 0. The van der Waals surface area contributed by atoms with Crippen molar-refractivity contribution in [2.45, 2.75) is 37.7 Å². The van der Waals surface area contributed by atoms with E-state index in [1.54, 1.807) is 4.68 Å². The van der Waals surface area contributed by atoms with Gasteiger partial charge in [-0.25, -0.2) is 0 Å². The summed E-state index contributed by atoms with van der Waals surface area (Å²) in [6.07, 6.45) is 7.73. The number of aromatic nitrogens is 2. The maximum atomic E-state index is 10.5. The topological polar surface area (TPSA) is 38.0 Å². The number of fused-ring (bicyclic) bond motifs is 1. The monoisotopic (exact) mass is 262 g/mol. The summed E-state index contributed by atoms with van der Waals surface area (Å²) in [5.41, 5.74) is 2.50. The van der Waals surface area contributed by atoms with Crippen LogP contribution in [0.4, 0.5) is 0 Å². The number of aliphatic hydroxyl groups is 1. The third-order valence-corrected chi connectivity index (χ3v) is 4.76. The van der Waals surface area contributed by atoms with Gasteiger partial charge in [-0.15, -0.1) is 11.3 Å². The van der Waals surface area contributed by atoms with Gasteiger partial charge in [0, 0.05) is 30.5 Å². The number of nitrogens with zero attached hydrogens (tertiary/aromatic N) is 2. The minimum Gasteiger partial charge on any atom is -0.392 e. The van der Waals surface area contributed by atoms with Crippen LogP contribution in [0.3, 0.4) is 0 Å². The standard InChI is InChI=1S/C14H18N2OS/c1-16-9-10(8-15-16)7-13(17)11-3-2-4-14-12(11)5-6-18-14/h5-6,8-9,11,13,17H,2-4,7H2,1H3. The van der Waals surface area contributed by atoms with Gasteiger partial charge in [0.1, 0.15) is 0 Å². The van der Waals surface area contributed by atoms with E-state index in [0.717, 1.165) is 12.0 Å². The molecule has 0 saturated heterocycles. The summed E-state index contributed by atoms with van der Waals surface area (Å²) in [5, 5.41) is 16.8. The van der Waals surface area contributed by atoms with Crippen molar-refractivity contribution in [3.8, 4) is 0 Å². The predicted molar refractivity (Wildman–Crippen MR) is 72.9 cm³/mol. The maximum absolute atomic E-state index is 10.5. The van der Waals surface area contributed by atoms with Crippen molar-refractivity contribution >= 4 is 11.3 Å². The molecule has 2 unspecified atom stereocenters. The lowest BCUT2D eigenvalue weighted by Gasteiger charge is -2.27. The molecule has 2 heterocycles. The Morgan fingerprint density at radius 2 is 2.50 bits per heavy atom. The molecule has 3 nitrogen and oxygen atoms in total. The van der Waals surface area contributed by atoms with Gasteiger partial charge in [-0.1, -0.05) is 0 Å². The van der Waals surface area contributed by atoms with Crippen molar-refractivity contribution in [3.05, 3.63) is 39.8 Å². The number of rotatable bonds is 3. The molecule has 0 bridgehead atoms. The molecule has 18 heavy (non-hydrogen) atoms. The molecule has 0 radical (unpaired) electrons. The van der Waals surface area contributed by atoms with E-state index in [-0.39, 0.29) is 6.10 Å². The lowest BCUT2D eigenvalue weighted by molar-refractivity contribution is 0.135. The Hall–Kier alpha value is -1.13. The molecule has 1 aliphatic carbocycles. The summed E-state index contributed by atoms with van der Waals surface area (Å²) in [5.74, 6) is 0.306. The van der Waals surface area contributed by atoms with Crippen molar-refractivity contribution in [2.24, 2.45) is 7.05 Å². The molecule has 0 aliphatic heterocycles. The fourth-order valence-electron chi connectivity index (χ4n) is 2.88. The summed E-state index contributed by atoms with van der Waals surface area (Å²) >= 11 is 1.83. The molecular formula is C14H18N2OS. The van der Waals surface area contributed by atoms with Crippen molar-refractivity contribution in [1.29, 1.82) is 0 Å². The number of thiophene rings is 1. The van der Waals surface area contributed by atoms with E-state index in [9.17, 15) is 5.11 Å². The zero-order chi connectivity index (χ0) is 12.5. The van der Waals surface area contributed by atoms with Crippen LogP contribution >= 0.6 is 11.3 Å². The lowest BCUT2D eigenvalue weighted by Crippen LogP contribution is -2.23. The molecule has 3 rings (SSSR count). The highest BCUT2D eigenvalue weighted by Crippen LogP contribution is 2.37. The van der Waals surface area contributed by atoms with Crippen molar-refractivity contribution in [2.75, 3.05) is 0 Å². The van der Waals surface area contributed by atoms with Gasteiger partial charge in [-0.3, -0.25) is 4.68 Å². The first-order valence-electron chi connectivity index (χ1n) is 6.46. The number of hydrogen-bond donors (Lipinski definition) is 1. The van der Waals surface area contributed by atoms with Crippen molar-refractivity contribution in [3.63, 3.8) is 0 Å². The van der Waals surface area contributed by atoms with Crippen LogP contribution in [0.25, 0.3) is 0 Å². The Balaban J connectivity index is 1.76. The molecule has 1 N–H and O–H groups in total. The summed E-state index contributed by atoms with van der Waals surface area (Å²) < 4.78 is 1.79. The third-order valence-electron chi connectivity index (χ3n) is 3.77. The van der Waals surface area contributed by atoms with E-state index in [1.807, 2.05) is 30.8 Å². The summed E-state index contributed by atoms with van der Waals surface area (Å²) in [6, 6.07) is 2.19. The molecule has 2 atom stereocenters. The van der Waals surface area contributed by atoms with Gasteiger partial charge in [0.05, 0.1) is 12.3 Å². The number of aliphatic hydroxyl groups excluding tert-OH is 1. The van der Waals surface area contributed by atoms with E-state index in [0.29, 0.717) is 12.3 Å². The van der Waals surface area contributed by atoms with Crippen LogP contribution in [0.1, 0.15) is 34.8 Å². The zero-order valence-corrected chi connectivity index (χ0v) is 11.4. The second-order valence-electron chi connectivity index (χ2n) is 5.09. The largest absolute Gasteiger partial charge is 0.392 e. The van der Waals surface area contributed by atoms with Gasteiger partial charge in [-0.2, -0.15) is 5.10 Å². The van der Waals surface area contributed by atoms with Crippen LogP contribution in [0.2, 0.25) is 0 Å². The molecule has 0 fully saturated rings. The normalized spacial score (nSPS) is 20.7. The van der Waals surface area contributed by atoms with Crippen molar-refractivity contribution < 1.29 is 5.11 Å². The van der Waals surface area contributed by atoms with Gasteiger partial charge in [0.15, 0.2) is 0 Å². The van der Waals surface area contributed by atoms with E-state index in [1.165, 1.54) is 23.3 Å². The summed E-state index contributed by atoms with van der Waals surface area (Å²) in [4.78, 5) is 1.47. The smallest absolute Gasteiger partial charge is 0.0650 e. The quantitative estimate of drug-likeness (QED) is 0.923. The average molecular weight is 262 g/mol. The molecule has 1 aliphatic rings. The number of aryl methyl sites for hydroxylation is 2. The molecule has 4 heteroatoms. The van der Waals surface area contributed by atoms with Gasteiger partial charge in [-0.05, 0) is 41.8 Å². The third kappa shape index (κ3) is 2.22. The van der Waals surface area contributed by atoms with Crippen LogP contribution in [0, 0.1) is 0 Å². The summed E-state index contributed by atoms with van der Waals surface area (Å²) in [7, 11) is 1.91. The van der Waals surface area contributed by atoms with Gasteiger partial charge < -0.3 is 5.11 Å². The highest BCUT2D eigenvalue weighted by atomic mass is 32.1. The molecule has 0 saturated carbocycles. The first-order chi connectivity index (χ1) is 8.74. The first kappa shape index (κ1) is 11.9. The van der Waals surface area contributed by atoms with E-state index in [2.05, 4.69) is 16.5 Å². The Kier molecular flexibility index (Phi) is 3.22. The minimum absolute atomic E-state index is 0.289. The van der Waals surface area contributed by atoms with Crippen LogP contribution in [0.5, 0.6) is 0 Å². The van der Waals surface area contributed by atoms with E-state index < -0.39 is 0 Å². The Bertz CT molecular complexity index is 531. The van der Waals surface area contributed by atoms with Gasteiger partial charge in [0.25, 0.3) is 0 Å². The predicted octanol–water partition coefficient (Wildman–Crippen LogP) is 2.51. The zero-order valence-electron chi connectivity index (χ0n) is 10.5. The SMILES string of the molecule is Cn1cc(CC(O)C2CCCc3sccc32)cn1. The van der Waals surface area contributed by atoms with Crippen LogP contribution < -0.4 is 0 Å². The second kappa shape index (κ2) is 4.86. The molecule has 0 amide bonds. The Morgan fingerprint density at radius 3 is 3.28 bits per heavy atom. The molecule has 2 aromatic rings. The first-order valence-corrected chi connectivity index (χ1v) is 7.34. The molecule has 2 aromatic heterocycles. The molecular weight excluding hydrogens is 244 g/mol. The molecule has 96 valence electrons. The molecule has 0 aromatic carbocycles. The van der Waals surface area contributed by atoms with E-state index >= 15 is 0 Å². The highest BCUT2D eigenvalue weighted by molar-refractivity contribution is 7.10.